The van der Waals surface area contributed by atoms with Crippen LogP contribution in [-0.4, -0.2) is 47.2 Å². The Labute approximate surface area is 111 Å². The van der Waals surface area contributed by atoms with Gasteiger partial charge in [-0.25, -0.2) is 4.79 Å². The lowest BCUT2D eigenvalue weighted by atomic mass is 9.94. The van der Waals surface area contributed by atoms with E-state index in [9.17, 15) is 9.59 Å². The van der Waals surface area contributed by atoms with Crippen molar-refractivity contribution in [3.63, 3.8) is 0 Å². The van der Waals surface area contributed by atoms with Crippen LogP contribution in [0, 0.1) is 6.92 Å². The number of aryl methyl sites for hydroxylation is 1. The van der Waals surface area contributed by atoms with E-state index in [0.29, 0.717) is 18.7 Å². The molecule has 1 aromatic carbocycles. The van der Waals surface area contributed by atoms with Crippen LogP contribution < -0.4 is 0 Å². The third-order valence-corrected chi connectivity index (χ3v) is 3.26. The maximum atomic E-state index is 12.2. The Morgan fingerprint density at radius 3 is 2.58 bits per heavy atom. The minimum absolute atomic E-state index is 0.0329. The van der Waals surface area contributed by atoms with Crippen LogP contribution in [0.25, 0.3) is 0 Å². The Morgan fingerprint density at radius 2 is 2.00 bits per heavy atom. The molecule has 1 aliphatic heterocycles. The third kappa shape index (κ3) is 2.93. The number of carbonyl (C=O) groups is 2. The van der Waals surface area contributed by atoms with E-state index in [4.69, 9.17) is 9.84 Å². The van der Waals surface area contributed by atoms with Crippen molar-refractivity contribution in [2.75, 3.05) is 19.7 Å². The zero-order valence-electron chi connectivity index (χ0n) is 11.0. The summed E-state index contributed by atoms with van der Waals surface area (Å²) in [6.45, 7) is 4.23. The number of benzene rings is 1. The van der Waals surface area contributed by atoms with Crippen LogP contribution in [0.2, 0.25) is 0 Å². The summed E-state index contributed by atoms with van der Waals surface area (Å²) in [5.41, 5.74) is 1.08. The molecule has 5 heteroatoms. The van der Waals surface area contributed by atoms with Gasteiger partial charge in [0.05, 0.1) is 13.1 Å². The van der Waals surface area contributed by atoms with Gasteiger partial charge in [0.15, 0.2) is 0 Å². The molecule has 19 heavy (non-hydrogen) atoms. The maximum Gasteiger partial charge on any atom is 0.329 e. The largest absolute Gasteiger partial charge is 0.480 e. The Kier molecular flexibility index (Phi) is 3.57. The van der Waals surface area contributed by atoms with E-state index in [2.05, 4.69) is 0 Å². The average molecular weight is 263 g/mol. The number of hydrogen-bond donors (Lipinski definition) is 1. The molecule has 1 aliphatic rings. The van der Waals surface area contributed by atoms with Gasteiger partial charge in [-0.3, -0.25) is 4.79 Å². The number of nitrogens with zero attached hydrogens (tertiary/aromatic N) is 1. The van der Waals surface area contributed by atoms with Gasteiger partial charge in [0.25, 0.3) is 5.91 Å². The molecule has 1 N–H and O–H groups in total. The highest BCUT2D eigenvalue weighted by Gasteiger charge is 2.43. The van der Waals surface area contributed by atoms with E-state index >= 15 is 0 Å². The smallest absolute Gasteiger partial charge is 0.329 e. The number of carboxylic acids is 1. The number of amides is 1. The lowest BCUT2D eigenvalue weighted by Crippen LogP contribution is -2.63. The van der Waals surface area contributed by atoms with E-state index in [-0.39, 0.29) is 12.5 Å². The summed E-state index contributed by atoms with van der Waals surface area (Å²) in [5.74, 6) is -1.03. The van der Waals surface area contributed by atoms with E-state index in [1.807, 2.05) is 32.0 Å². The van der Waals surface area contributed by atoms with E-state index in [1.165, 1.54) is 0 Å². The van der Waals surface area contributed by atoms with E-state index < -0.39 is 11.6 Å². The van der Waals surface area contributed by atoms with Crippen LogP contribution >= 0.6 is 0 Å². The van der Waals surface area contributed by atoms with Gasteiger partial charge in [0.1, 0.15) is 12.2 Å². The Balaban J connectivity index is 1.95. The summed E-state index contributed by atoms with van der Waals surface area (Å²) in [6.07, 6.45) is 0. The summed E-state index contributed by atoms with van der Waals surface area (Å²) >= 11 is 0. The third-order valence-electron chi connectivity index (χ3n) is 3.26. The SMILES string of the molecule is Cc1ccccc1C(=O)N1CC(C)(OCC(=O)O)C1. The van der Waals surface area contributed by atoms with Gasteiger partial charge in [-0.2, -0.15) is 0 Å². The van der Waals surface area contributed by atoms with Crippen LogP contribution in [0.4, 0.5) is 0 Å². The highest BCUT2D eigenvalue weighted by Crippen LogP contribution is 2.26. The van der Waals surface area contributed by atoms with Crippen molar-refractivity contribution in [1.29, 1.82) is 0 Å². The molecule has 1 saturated heterocycles. The first-order valence-corrected chi connectivity index (χ1v) is 6.12. The van der Waals surface area contributed by atoms with Crippen LogP contribution in [0.5, 0.6) is 0 Å². The molecule has 0 radical (unpaired) electrons. The molecular weight excluding hydrogens is 246 g/mol. The van der Waals surface area contributed by atoms with Crippen LogP contribution in [0.3, 0.4) is 0 Å². The molecule has 0 bridgehead atoms. The van der Waals surface area contributed by atoms with Gasteiger partial charge in [0, 0.05) is 5.56 Å². The highest BCUT2D eigenvalue weighted by molar-refractivity contribution is 5.96. The van der Waals surface area contributed by atoms with Crippen molar-refractivity contribution in [2.24, 2.45) is 0 Å². The standard InChI is InChI=1S/C14H17NO4/c1-10-5-3-4-6-11(10)13(18)15-8-14(2,9-15)19-7-12(16)17/h3-6H,7-9H2,1-2H3,(H,16,17). The van der Waals surface area contributed by atoms with E-state index in [1.54, 1.807) is 11.0 Å². The molecule has 102 valence electrons. The topological polar surface area (TPSA) is 66.8 Å². The van der Waals surface area contributed by atoms with Gasteiger partial charge in [0.2, 0.25) is 0 Å². The fraction of sp³-hybridized carbons (Fsp3) is 0.429. The number of carbonyl (C=O) groups excluding carboxylic acids is 1. The summed E-state index contributed by atoms with van der Waals surface area (Å²) in [4.78, 5) is 24.4. The lowest BCUT2D eigenvalue weighted by Gasteiger charge is -2.47. The first-order valence-electron chi connectivity index (χ1n) is 6.12. The molecule has 0 aliphatic carbocycles. The van der Waals surface area contributed by atoms with Crippen molar-refractivity contribution in [1.82, 2.24) is 4.90 Å². The molecule has 0 unspecified atom stereocenters. The molecule has 0 atom stereocenters. The number of aliphatic carboxylic acids is 1. The number of hydrogen-bond acceptors (Lipinski definition) is 3. The van der Waals surface area contributed by atoms with Crippen molar-refractivity contribution in [2.45, 2.75) is 19.4 Å². The number of likely N-dealkylation sites (tertiary alicyclic amines) is 1. The quantitative estimate of drug-likeness (QED) is 0.889. The van der Waals surface area contributed by atoms with Crippen LogP contribution in [0.1, 0.15) is 22.8 Å². The summed E-state index contributed by atoms with van der Waals surface area (Å²) < 4.78 is 5.28. The normalized spacial score (nSPS) is 16.8. The van der Waals surface area contributed by atoms with Crippen LogP contribution in [-0.2, 0) is 9.53 Å². The molecule has 1 aromatic rings. The first kappa shape index (κ1) is 13.5. The number of carboxylic acid groups (broad SMARTS) is 1. The summed E-state index contributed by atoms with van der Waals surface area (Å²) in [5, 5.41) is 8.58. The predicted molar refractivity (Wildman–Crippen MR) is 69.1 cm³/mol. The van der Waals surface area contributed by atoms with Gasteiger partial charge < -0.3 is 14.7 Å². The molecule has 1 fully saturated rings. The van der Waals surface area contributed by atoms with Gasteiger partial charge in [-0.15, -0.1) is 0 Å². The fourth-order valence-corrected chi connectivity index (χ4v) is 2.22. The van der Waals surface area contributed by atoms with Crippen molar-refractivity contribution < 1.29 is 19.4 Å². The molecule has 0 spiro atoms. The highest BCUT2D eigenvalue weighted by atomic mass is 16.5. The minimum atomic E-state index is -0.995. The van der Waals surface area contributed by atoms with Crippen molar-refractivity contribution in [3.05, 3.63) is 35.4 Å². The second-order valence-corrected chi connectivity index (χ2v) is 5.11. The zero-order chi connectivity index (χ0) is 14.0. The van der Waals surface area contributed by atoms with E-state index in [0.717, 1.165) is 5.56 Å². The van der Waals surface area contributed by atoms with Gasteiger partial charge >= 0.3 is 5.97 Å². The second kappa shape index (κ2) is 5.01. The average Bonchev–Trinajstić information content (AvgIpc) is 2.33. The molecule has 0 aromatic heterocycles. The van der Waals surface area contributed by atoms with Crippen molar-refractivity contribution in [3.8, 4) is 0 Å². The maximum absolute atomic E-state index is 12.2. The zero-order valence-corrected chi connectivity index (χ0v) is 11.0. The Bertz CT molecular complexity index is 506. The molecular formula is C14H17NO4. The summed E-state index contributed by atoms with van der Waals surface area (Å²) in [6, 6.07) is 7.42. The lowest BCUT2D eigenvalue weighted by molar-refractivity contribution is -0.159. The fourth-order valence-electron chi connectivity index (χ4n) is 2.22. The van der Waals surface area contributed by atoms with Crippen LogP contribution in [0.15, 0.2) is 24.3 Å². The molecule has 1 heterocycles. The minimum Gasteiger partial charge on any atom is -0.480 e. The molecule has 1 amide bonds. The predicted octanol–water partition coefficient (Wildman–Crippen LogP) is 1.31. The molecule has 2 rings (SSSR count). The Hall–Kier alpha value is -1.88. The van der Waals surface area contributed by atoms with Crippen molar-refractivity contribution >= 4 is 11.9 Å². The van der Waals surface area contributed by atoms with Gasteiger partial charge in [-0.05, 0) is 25.5 Å². The number of rotatable bonds is 4. The monoisotopic (exact) mass is 263 g/mol. The molecule has 0 saturated carbocycles. The Morgan fingerprint density at radius 1 is 1.37 bits per heavy atom. The second-order valence-electron chi connectivity index (χ2n) is 5.11. The molecule has 5 nitrogen and oxygen atoms in total. The number of ether oxygens (including phenoxy) is 1. The van der Waals surface area contributed by atoms with Gasteiger partial charge in [-0.1, -0.05) is 18.2 Å². The first-order chi connectivity index (χ1) is 8.91. The summed E-state index contributed by atoms with van der Waals surface area (Å²) in [7, 11) is 0.